The highest BCUT2D eigenvalue weighted by atomic mass is 16.5. The third-order valence-electron chi connectivity index (χ3n) is 1.99. The fourth-order valence-electron chi connectivity index (χ4n) is 1.23. The summed E-state index contributed by atoms with van der Waals surface area (Å²) in [4.78, 5) is 21.4. The zero-order valence-corrected chi connectivity index (χ0v) is 8.29. The van der Waals surface area contributed by atoms with Crippen LogP contribution in [0.4, 0.5) is 0 Å². The first kappa shape index (κ1) is 10.7. The Morgan fingerprint density at radius 2 is 2.36 bits per heavy atom. The Kier molecular flexibility index (Phi) is 4.11. The minimum absolute atomic E-state index is 0.173. The average Bonchev–Trinajstić information content (AvgIpc) is 2.63. The molecule has 0 aromatic heterocycles. The molecule has 14 heavy (non-hydrogen) atoms. The van der Waals surface area contributed by atoms with Gasteiger partial charge in [-0.3, -0.25) is 9.59 Å². The summed E-state index contributed by atoms with van der Waals surface area (Å²) in [6.07, 6.45) is 6.30. The molecule has 1 rings (SSSR count). The lowest BCUT2D eigenvalue weighted by atomic mass is 10.2. The van der Waals surface area contributed by atoms with Gasteiger partial charge < -0.3 is 4.74 Å². The first-order chi connectivity index (χ1) is 6.76. The topological polar surface area (TPSA) is 43.4 Å². The molecule has 76 valence electrons. The van der Waals surface area contributed by atoms with E-state index < -0.39 is 0 Å². The number of aldehydes is 1. The van der Waals surface area contributed by atoms with E-state index in [4.69, 9.17) is 4.74 Å². The number of hydrogen-bond acceptors (Lipinski definition) is 3. The number of ether oxygens (including phenoxy) is 1. The van der Waals surface area contributed by atoms with Gasteiger partial charge in [0.1, 0.15) is 12.9 Å². The van der Waals surface area contributed by atoms with Crippen molar-refractivity contribution in [3.63, 3.8) is 0 Å². The van der Waals surface area contributed by atoms with E-state index >= 15 is 0 Å². The molecule has 3 nitrogen and oxygen atoms in total. The summed E-state index contributed by atoms with van der Waals surface area (Å²) < 4.78 is 5.00. The fraction of sp³-hybridized carbons (Fsp3) is 0.455. The van der Waals surface area contributed by atoms with Crippen LogP contribution in [0.2, 0.25) is 0 Å². The zero-order valence-electron chi connectivity index (χ0n) is 8.29. The van der Waals surface area contributed by atoms with Crippen LogP contribution in [0, 0.1) is 0 Å². The Morgan fingerprint density at radius 1 is 1.57 bits per heavy atom. The van der Waals surface area contributed by atoms with Crippen molar-refractivity contribution in [2.45, 2.75) is 26.2 Å². The predicted octanol–water partition coefficient (Wildman–Crippen LogP) is 1.79. The minimum atomic E-state index is -0.173. The highest BCUT2D eigenvalue weighted by Crippen LogP contribution is 2.17. The molecule has 0 N–H and O–H groups in total. The predicted molar refractivity (Wildman–Crippen MR) is 52.7 cm³/mol. The monoisotopic (exact) mass is 194 g/mol. The summed E-state index contributed by atoms with van der Waals surface area (Å²) in [5.74, 6) is -0.173. The van der Waals surface area contributed by atoms with Crippen LogP contribution in [0.15, 0.2) is 23.3 Å². The summed E-state index contributed by atoms with van der Waals surface area (Å²) >= 11 is 0. The van der Waals surface area contributed by atoms with Crippen molar-refractivity contribution in [2.75, 3.05) is 6.61 Å². The highest BCUT2D eigenvalue weighted by Gasteiger charge is 2.09. The van der Waals surface area contributed by atoms with Crippen molar-refractivity contribution in [3.8, 4) is 0 Å². The second-order valence-corrected chi connectivity index (χ2v) is 3.27. The van der Waals surface area contributed by atoms with Crippen LogP contribution in [0.25, 0.3) is 0 Å². The Bertz CT molecular complexity index is 287. The summed E-state index contributed by atoms with van der Waals surface area (Å²) in [5.41, 5.74) is 1.73. The van der Waals surface area contributed by atoms with E-state index in [9.17, 15) is 9.59 Å². The minimum Gasteiger partial charge on any atom is -0.461 e. The van der Waals surface area contributed by atoms with Crippen LogP contribution >= 0.6 is 0 Å². The summed E-state index contributed by atoms with van der Waals surface area (Å²) in [5, 5.41) is 0. The molecule has 0 aromatic carbocycles. The third-order valence-corrected chi connectivity index (χ3v) is 1.99. The Morgan fingerprint density at radius 3 is 2.93 bits per heavy atom. The number of hydrogen-bond donors (Lipinski definition) is 0. The molecule has 0 fully saturated rings. The van der Waals surface area contributed by atoms with Gasteiger partial charge >= 0.3 is 5.97 Å². The molecule has 0 aromatic rings. The summed E-state index contributed by atoms with van der Waals surface area (Å²) in [6.45, 7) is 2.24. The van der Waals surface area contributed by atoms with Gasteiger partial charge in [0.15, 0.2) is 0 Å². The molecule has 1 aliphatic carbocycles. The Labute approximate surface area is 83.4 Å². The molecule has 0 saturated heterocycles. The van der Waals surface area contributed by atoms with Gasteiger partial charge in [0.05, 0.1) is 0 Å². The second kappa shape index (κ2) is 5.37. The van der Waals surface area contributed by atoms with Crippen molar-refractivity contribution >= 4 is 12.3 Å². The van der Waals surface area contributed by atoms with Crippen LogP contribution in [-0.4, -0.2) is 18.9 Å². The molecular weight excluding hydrogens is 180 g/mol. The van der Waals surface area contributed by atoms with Crippen molar-refractivity contribution < 1.29 is 14.3 Å². The largest absolute Gasteiger partial charge is 0.461 e. The molecule has 3 heteroatoms. The van der Waals surface area contributed by atoms with Crippen LogP contribution < -0.4 is 0 Å². The van der Waals surface area contributed by atoms with E-state index in [1.807, 2.05) is 13.0 Å². The van der Waals surface area contributed by atoms with Gasteiger partial charge in [0.2, 0.25) is 0 Å². The number of carbonyl (C=O) groups is 2. The Hall–Kier alpha value is -1.38. The number of rotatable bonds is 5. The van der Waals surface area contributed by atoms with Gasteiger partial charge in [-0.15, -0.1) is 0 Å². The van der Waals surface area contributed by atoms with Crippen LogP contribution in [0.1, 0.15) is 26.2 Å². The van der Waals surface area contributed by atoms with Gasteiger partial charge in [-0.25, -0.2) is 0 Å². The van der Waals surface area contributed by atoms with E-state index in [0.717, 1.165) is 23.9 Å². The van der Waals surface area contributed by atoms with Crippen molar-refractivity contribution in [3.05, 3.63) is 23.3 Å². The van der Waals surface area contributed by atoms with Crippen LogP contribution in [0.5, 0.6) is 0 Å². The third kappa shape index (κ3) is 3.17. The van der Waals surface area contributed by atoms with Gasteiger partial charge in [-0.05, 0) is 17.6 Å². The van der Waals surface area contributed by atoms with Gasteiger partial charge in [-0.2, -0.15) is 0 Å². The summed E-state index contributed by atoms with van der Waals surface area (Å²) in [7, 11) is 0. The van der Waals surface area contributed by atoms with Crippen molar-refractivity contribution in [1.82, 2.24) is 0 Å². The number of esters is 1. The van der Waals surface area contributed by atoms with E-state index in [1.165, 1.54) is 0 Å². The standard InChI is InChI=1S/C11H14O3/c1-2-3-11(13)14-8-10-5-4-9(6-10)7-12/h4-5,7H,2-3,6,8H2,1H3. The van der Waals surface area contributed by atoms with E-state index in [2.05, 4.69) is 0 Å². The molecule has 0 bridgehead atoms. The lowest BCUT2D eigenvalue weighted by Gasteiger charge is -2.04. The molecule has 0 atom stereocenters. The van der Waals surface area contributed by atoms with Gasteiger partial charge in [0, 0.05) is 12.8 Å². The zero-order chi connectivity index (χ0) is 10.4. The van der Waals surface area contributed by atoms with E-state index in [0.29, 0.717) is 19.4 Å². The summed E-state index contributed by atoms with van der Waals surface area (Å²) in [6, 6.07) is 0. The SMILES string of the molecule is CCCC(=O)OCC1=CC=C(C=O)C1. The molecule has 0 radical (unpaired) electrons. The quantitative estimate of drug-likeness (QED) is 0.495. The van der Waals surface area contributed by atoms with E-state index in [1.54, 1.807) is 6.08 Å². The highest BCUT2D eigenvalue weighted by molar-refractivity contribution is 5.76. The fourth-order valence-corrected chi connectivity index (χ4v) is 1.23. The van der Waals surface area contributed by atoms with Crippen LogP contribution in [-0.2, 0) is 14.3 Å². The van der Waals surface area contributed by atoms with Gasteiger partial charge in [0.25, 0.3) is 0 Å². The molecule has 0 unspecified atom stereocenters. The molecule has 0 heterocycles. The Balaban J connectivity index is 2.22. The lowest BCUT2D eigenvalue weighted by molar-refractivity contribution is -0.142. The first-order valence-electron chi connectivity index (χ1n) is 4.75. The molecule has 0 saturated carbocycles. The molecular formula is C11H14O3. The molecule has 0 aliphatic heterocycles. The maximum Gasteiger partial charge on any atom is 0.306 e. The molecule has 1 aliphatic rings. The molecule has 0 spiro atoms. The second-order valence-electron chi connectivity index (χ2n) is 3.27. The average molecular weight is 194 g/mol. The molecule has 0 amide bonds. The first-order valence-corrected chi connectivity index (χ1v) is 4.75. The smallest absolute Gasteiger partial charge is 0.306 e. The normalized spacial score (nSPS) is 14.6. The number of carbonyl (C=O) groups excluding carboxylic acids is 2. The van der Waals surface area contributed by atoms with Gasteiger partial charge in [-0.1, -0.05) is 19.1 Å². The van der Waals surface area contributed by atoms with Crippen molar-refractivity contribution in [1.29, 1.82) is 0 Å². The van der Waals surface area contributed by atoms with E-state index in [-0.39, 0.29) is 5.97 Å². The lowest BCUT2D eigenvalue weighted by Crippen LogP contribution is -2.06. The van der Waals surface area contributed by atoms with Crippen LogP contribution in [0.3, 0.4) is 0 Å². The maximum absolute atomic E-state index is 11.0. The number of allylic oxidation sites excluding steroid dienone is 3. The maximum atomic E-state index is 11.0. The van der Waals surface area contributed by atoms with Crippen molar-refractivity contribution in [2.24, 2.45) is 0 Å².